The van der Waals surface area contributed by atoms with E-state index in [9.17, 15) is 9.59 Å². The Morgan fingerprint density at radius 3 is 2.39 bits per heavy atom. The fourth-order valence-corrected chi connectivity index (χ4v) is 4.87. The summed E-state index contributed by atoms with van der Waals surface area (Å²) in [6.45, 7) is 6.84. The van der Waals surface area contributed by atoms with Crippen molar-refractivity contribution in [3.63, 3.8) is 0 Å². The average Bonchev–Trinajstić information content (AvgIpc) is 3.29. The van der Waals surface area contributed by atoms with Crippen molar-refractivity contribution in [2.45, 2.75) is 84.1 Å². The van der Waals surface area contributed by atoms with E-state index < -0.39 is 5.97 Å². The van der Waals surface area contributed by atoms with E-state index >= 15 is 0 Å². The fraction of sp³-hybridized carbons (Fsp3) is 0.467. The number of anilines is 1. The smallest absolute Gasteiger partial charge is 0.303 e. The minimum atomic E-state index is -0.846. The number of carbonyl (C=O) groups excluding carboxylic acids is 1. The summed E-state index contributed by atoms with van der Waals surface area (Å²) in [6.07, 6.45) is 8.93. The van der Waals surface area contributed by atoms with E-state index in [0.29, 0.717) is 23.9 Å². The van der Waals surface area contributed by atoms with Crippen LogP contribution in [0.2, 0.25) is 0 Å². The summed E-state index contributed by atoms with van der Waals surface area (Å²) < 4.78 is 8.18. The van der Waals surface area contributed by atoms with Crippen molar-refractivity contribution in [3.8, 4) is 5.75 Å². The maximum Gasteiger partial charge on any atom is 0.303 e. The van der Waals surface area contributed by atoms with Crippen molar-refractivity contribution in [3.05, 3.63) is 60.3 Å². The molecule has 0 radical (unpaired) electrons. The third-order valence-electron chi connectivity index (χ3n) is 6.62. The molecule has 1 amide bonds. The van der Waals surface area contributed by atoms with Crippen molar-refractivity contribution < 1.29 is 19.4 Å². The molecule has 1 aromatic heterocycles. The summed E-state index contributed by atoms with van der Waals surface area (Å²) in [5, 5.41) is 13.1. The molecule has 0 spiro atoms. The van der Waals surface area contributed by atoms with Gasteiger partial charge in [-0.05, 0) is 67.0 Å². The summed E-state index contributed by atoms with van der Waals surface area (Å²) in [5.41, 5.74) is 2.84. The maximum atomic E-state index is 13.4. The summed E-state index contributed by atoms with van der Waals surface area (Å²) in [7, 11) is 0. The van der Waals surface area contributed by atoms with Crippen LogP contribution in [0.1, 0.15) is 89.7 Å². The lowest BCUT2D eigenvalue weighted by atomic mass is 9.92. The number of para-hydroxylation sites is 2. The summed E-state index contributed by atoms with van der Waals surface area (Å²) in [6, 6.07) is 16.4. The van der Waals surface area contributed by atoms with E-state index in [1.807, 2.05) is 18.2 Å². The largest absolute Gasteiger partial charge is 0.491 e. The Labute approximate surface area is 214 Å². The lowest BCUT2D eigenvalue weighted by molar-refractivity contribution is -0.137. The van der Waals surface area contributed by atoms with E-state index in [2.05, 4.69) is 61.1 Å². The van der Waals surface area contributed by atoms with E-state index in [1.165, 1.54) is 10.9 Å². The second-order valence-corrected chi connectivity index (χ2v) is 9.44. The lowest BCUT2D eigenvalue weighted by Crippen LogP contribution is -2.21. The molecule has 3 rings (SSSR count). The number of carbonyl (C=O) groups is 2. The number of nitrogens with one attached hydrogen (secondary N) is 1. The summed E-state index contributed by atoms with van der Waals surface area (Å²) in [5.74, 6) is -0.630. The monoisotopic (exact) mass is 492 g/mol. The second-order valence-electron chi connectivity index (χ2n) is 9.44. The molecule has 6 heteroatoms. The predicted octanol–water partition coefficient (Wildman–Crippen LogP) is 7.55. The van der Waals surface area contributed by atoms with Gasteiger partial charge in [-0.25, -0.2) is 0 Å². The van der Waals surface area contributed by atoms with Gasteiger partial charge < -0.3 is 19.7 Å². The first-order chi connectivity index (χ1) is 17.5. The maximum absolute atomic E-state index is 13.4. The molecule has 3 aromatic rings. The lowest BCUT2D eigenvalue weighted by Gasteiger charge is -2.20. The van der Waals surface area contributed by atoms with E-state index in [0.717, 1.165) is 44.1 Å². The molecule has 2 N–H and O–H groups in total. The number of aliphatic carboxylic acids is 1. The molecule has 0 bridgehead atoms. The summed E-state index contributed by atoms with van der Waals surface area (Å²) in [4.78, 5) is 24.2. The minimum Gasteiger partial charge on any atom is -0.491 e. The molecule has 194 valence electrons. The van der Waals surface area contributed by atoms with Crippen LogP contribution in [0.3, 0.4) is 0 Å². The number of carboxylic acids is 1. The molecule has 1 heterocycles. The Kier molecular flexibility index (Phi) is 10.4. The van der Waals surface area contributed by atoms with Crippen LogP contribution >= 0.6 is 0 Å². The SMILES string of the molecule is CCCC(C(=O)Nc1ccccc1OCCCC(=O)O)c1ccc2c(ccn2C(CCC)CCC)c1. The highest BCUT2D eigenvalue weighted by Gasteiger charge is 2.22. The first kappa shape index (κ1) is 27.3. The number of benzene rings is 2. The molecule has 0 aliphatic carbocycles. The predicted molar refractivity (Wildman–Crippen MR) is 146 cm³/mol. The third kappa shape index (κ3) is 7.12. The zero-order valence-electron chi connectivity index (χ0n) is 21.8. The van der Waals surface area contributed by atoms with Gasteiger partial charge in [-0.3, -0.25) is 9.59 Å². The Hall–Kier alpha value is -3.28. The molecule has 0 saturated carbocycles. The van der Waals surface area contributed by atoms with Gasteiger partial charge in [-0.2, -0.15) is 0 Å². The van der Waals surface area contributed by atoms with Crippen molar-refractivity contribution >= 4 is 28.5 Å². The van der Waals surface area contributed by atoms with Gasteiger partial charge in [0.15, 0.2) is 0 Å². The minimum absolute atomic E-state index is 0.0505. The van der Waals surface area contributed by atoms with Gasteiger partial charge in [0, 0.05) is 24.2 Å². The Morgan fingerprint density at radius 1 is 0.972 bits per heavy atom. The molecule has 0 saturated heterocycles. The standard InChI is InChI=1S/C30H40N2O4/c1-4-10-24(11-5-2)32-19-18-23-21-22(16-17-27(23)32)25(12-6-3)30(35)31-26-13-7-8-14-28(26)36-20-9-15-29(33)34/h7-8,13-14,16-19,21,24-25H,4-6,9-12,15,20H2,1-3H3,(H,31,35)(H,33,34). The van der Waals surface area contributed by atoms with Gasteiger partial charge in [-0.1, -0.05) is 58.2 Å². The van der Waals surface area contributed by atoms with Gasteiger partial charge in [0.1, 0.15) is 5.75 Å². The van der Waals surface area contributed by atoms with Crippen molar-refractivity contribution in [2.75, 3.05) is 11.9 Å². The third-order valence-corrected chi connectivity index (χ3v) is 6.62. The molecule has 0 aliphatic rings. The van der Waals surface area contributed by atoms with E-state index in [1.54, 1.807) is 6.07 Å². The van der Waals surface area contributed by atoms with Crippen molar-refractivity contribution in [2.24, 2.45) is 0 Å². The molecule has 1 atom stereocenters. The number of carboxylic acid groups (broad SMARTS) is 1. The molecule has 36 heavy (non-hydrogen) atoms. The molecule has 0 aliphatic heterocycles. The van der Waals surface area contributed by atoms with E-state index in [4.69, 9.17) is 9.84 Å². The Morgan fingerprint density at radius 2 is 1.69 bits per heavy atom. The number of aromatic nitrogens is 1. The van der Waals surface area contributed by atoms with Crippen LogP contribution in [0.5, 0.6) is 5.75 Å². The highest BCUT2D eigenvalue weighted by molar-refractivity contribution is 5.97. The van der Waals surface area contributed by atoms with Gasteiger partial charge in [0.25, 0.3) is 0 Å². The van der Waals surface area contributed by atoms with Crippen molar-refractivity contribution in [1.29, 1.82) is 0 Å². The average molecular weight is 493 g/mol. The second kappa shape index (κ2) is 13.7. The van der Waals surface area contributed by atoms with Crippen LogP contribution in [-0.2, 0) is 9.59 Å². The molecule has 1 unspecified atom stereocenters. The van der Waals surface area contributed by atoms with Gasteiger partial charge in [0.2, 0.25) is 5.91 Å². The number of hydrogen-bond donors (Lipinski definition) is 2. The number of rotatable bonds is 15. The summed E-state index contributed by atoms with van der Waals surface area (Å²) >= 11 is 0. The molecule has 6 nitrogen and oxygen atoms in total. The van der Waals surface area contributed by atoms with Crippen LogP contribution in [0.25, 0.3) is 10.9 Å². The van der Waals surface area contributed by atoms with Gasteiger partial charge in [-0.15, -0.1) is 0 Å². The van der Waals surface area contributed by atoms with Crippen LogP contribution in [0.15, 0.2) is 54.7 Å². The normalized spacial score (nSPS) is 12.1. The highest BCUT2D eigenvalue weighted by Crippen LogP contribution is 2.32. The number of fused-ring (bicyclic) bond motifs is 1. The molecule has 2 aromatic carbocycles. The van der Waals surface area contributed by atoms with Crippen molar-refractivity contribution in [1.82, 2.24) is 4.57 Å². The number of hydrogen-bond acceptors (Lipinski definition) is 3. The zero-order valence-corrected chi connectivity index (χ0v) is 21.8. The van der Waals surface area contributed by atoms with Crippen LogP contribution in [-0.4, -0.2) is 28.2 Å². The Bertz CT molecular complexity index is 1130. The zero-order chi connectivity index (χ0) is 25.9. The first-order valence-corrected chi connectivity index (χ1v) is 13.3. The Balaban J connectivity index is 1.79. The van der Waals surface area contributed by atoms with Gasteiger partial charge in [0.05, 0.1) is 18.2 Å². The number of nitrogens with zero attached hydrogens (tertiary/aromatic N) is 1. The van der Waals surface area contributed by atoms with Crippen LogP contribution in [0, 0.1) is 0 Å². The molecular formula is C30H40N2O4. The van der Waals surface area contributed by atoms with E-state index in [-0.39, 0.29) is 24.9 Å². The van der Waals surface area contributed by atoms with Crippen LogP contribution < -0.4 is 10.1 Å². The first-order valence-electron chi connectivity index (χ1n) is 13.3. The number of ether oxygens (including phenoxy) is 1. The number of amides is 1. The molecular weight excluding hydrogens is 452 g/mol. The molecule has 0 fully saturated rings. The van der Waals surface area contributed by atoms with Crippen LogP contribution in [0.4, 0.5) is 5.69 Å². The quantitative estimate of drug-likeness (QED) is 0.215. The van der Waals surface area contributed by atoms with Gasteiger partial charge >= 0.3 is 5.97 Å². The fourth-order valence-electron chi connectivity index (χ4n) is 4.87. The highest BCUT2D eigenvalue weighted by atomic mass is 16.5. The topological polar surface area (TPSA) is 80.6 Å².